The van der Waals surface area contributed by atoms with E-state index in [4.69, 9.17) is 4.74 Å². The lowest BCUT2D eigenvalue weighted by molar-refractivity contribution is -0.135. The number of aliphatic hydroxyl groups excluding tert-OH is 1. The van der Waals surface area contributed by atoms with Crippen LogP contribution in [0.4, 0.5) is 0 Å². The van der Waals surface area contributed by atoms with Crippen molar-refractivity contribution < 1.29 is 14.6 Å². The van der Waals surface area contributed by atoms with E-state index in [2.05, 4.69) is 5.10 Å². The van der Waals surface area contributed by atoms with Gasteiger partial charge in [0, 0.05) is 6.42 Å². The van der Waals surface area contributed by atoms with Crippen LogP contribution < -0.4 is 0 Å². The fourth-order valence-corrected chi connectivity index (χ4v) is 2.04. The number of carbonyl (C=O) groups is 1. The summed E-state index contributed by atoms with van der Waals surface area (Å²) < 4.78 is 4.94. The maximum atomic E-state index is 11.6. The molecule has 1 aliphatic rings. The normalized spacial score (nSPS) is 18.3. The number of nitrogens with zero attached hydrogens (tertiary/aromatic N) is 2. The molecular formula is C14H18N2O3. The molecule has 0 saturated heterocycles. The Kier molecular flexibility index (Phi) is 4.52. The van der Waals surface area contributed by atoms with Gasteiger partial charge in [-0.3, -0.25) is 5.01 Å². The zero-order chi connectivity index (χ0) is 13.7. The van der Waals surface area contributed by atoms with E-state index in [9.17, 15) is 9.90 Å². The standard InChI is InChI=1S/C14H18N2O3/c1-2-19-14(18)13-8-12(10-17)16(15-13)9-11-6-4-3-5-7-11/h3-7,12,17H,2,8-10H2,1H3. The monoisotopic (exact) mass is 262 g/mol. The highest BCUT2D eigenvalue weighted by Crippen LogP contribution is 2.19. The van der Waals surface area contributed by atoms with Gasteiger partial charge >= 0.3 is 5.97 Å². The highest BCUT2D eigenvalue weighted by Gasteiger charge is 2.30. The molecule has 0 aliphatic carbocycles. The molecule has 0 amide bonds. The lowest BCUT2D eigenvalue weighted by Gasteiger charge is -2.21. The molecule has 1 heterocycles. The Hall–Kier alpha value is -1.88. The van der Waals surface area contributed by atoms with Crippen LogP contribution in [0.25, 0.3) is 0 Å². The average molecular weight is 262 g/mol. The van der Waals surface area contributed by atoms with E-state index < -0.39 is 5.97 Å². The number of rotatable bonds is 5. The highest BCUT2D eigenvalue weighted by molar-refractivity contribution is 6.36. The van der Waals surface area contributed by atoms with Crippen molar-refractivity contribution in [2.24, 2.45) is 5.10 Å². The molecule has 1 atom stereocenters. The Morgan fingerprint density at radius 3 is 2.84 bits per heavy atom. The van der Waals surface area contributed by atoms with E-state index in [1.54, 1.807) is 11.9 Å². The van der Waals surface area contributed by atoms with Gasteiger partial charge in [-0.1, -0.05) is 30.3 Å². The number of hydrogen-bond acceptors (Lipinski definition) is 5. The molecule has 5 nitrogen and oxygen atoms in total. The van der Waals surface area contributed by atoms with Crippen LogP contribution in [0.3, 0.4) is 0 Å². The van der Waals surface area contributed by atoms with Gasteiger partial charge in [0.2, 0.25) is 0 Å². The van der Waals surface area contributed by atoms with Crippen LogP contribution in [0.15, 0.2) is 35.4 Å². The van der Waals surface area contributed by atoms with Gasteiger partial charge in [-0.15, -0.1) is 0 Å². The molecule has 1 aromatic carbocycles. The summed E-state index contributed by atoms with van der Waals surface area (Å²) in [6.07, 6.45) is 0.433. The molecule has 0 aromatic heterocycles. The highest BCUT2D eigenvalue weighted by atomic mass is 16.5. The molecule has 19 heavy (non-hydrogen) atoms. The summed E-state index contributed by atoms with van der Waals surface area (Å²) >= 11 is 0. The second-order valence-corrected chi connectivity index (χ2v) is 4.39. The van der Waals surface area contributed by atoms with Gasteiger partial charge < -0.3 is 9.84 Å². The molecular weight excluding hydrogens is 244 g/mol. The van der Waals surface area contributed by atoms with Crippen molar-refractivity contribution in [1.82, 2.24) is 5.01 Å². The maximum absolute atomic E-state index is 11.6. The van der Waals surface area contributed by atoms with Crippen molar-refractivity contribution in [3.05, 3.63) is 35.9 Å². The lowest BCUT2D eigenvalue weighted by Crippen LogP contribution is -2.29. The summed E-state index contributed by atoms with van der Waals surface area (Å²) in [6, 6.07) is 9.69. The third-order valence-electron chi connectivity index (χ3n) is 3.01. The fourth-order valence-electron chi connectivity index (χ4n) is 2.04. The van der Waals surface area contributed by atoms with Crippen molar-refractivity contribution in [2.75, 3.05) is 13.2 Å². The first kappa shape index (κ1) is 13.5. The summed E-state index contributed by atoms with van der Waals surface area (Å²) in [7, 11) is 0. The molecule has 0 bridgehead atoms. The number of hydrazone groups is 1. The first-order chi connectivity index (χ1) is 9.24. The lowest BCUT2D eigenvalue weighted by atomic mass is 10.1. The van der Waals surface area contributed by atoms with Crippen molar-refractivity contribution in [3.8, 4) is 0 Å². The van der Waals surface area contributed by atoms with Crippen LogP contribution in [0.1, 0.15) is 18.9 Å². The predicted octanol–water partition coefficient (Wildman–Crippen LogP) is 1.17. The Morgan fingerprint density at radius 1 is 1.47 bits per heavy atom. The molecule has 0 spiro atoms. The fraction of sp³-hybridized carbons (Fsp3) is 0.429. The summed E-state index contributed by atoms with van der Waals surface area (Å²) in [4.78, 5) is 11.6. The van der Waals surface area contributed by atoms with Gasteiger partial charge in [0.05, 0.1) is 25.8 Å². The topological polar surface area (TPSA) is 62.1 Å². The third kappa shape index (κ3) is 3.32. The zero-order valence-electron chi connectivity index (χ0n) is 11.0. The molecule has 2 rings (SSSR count). The molecule has 1 N–H and O–H groups in total. The molecule has 1 aromatic rings. The minimum Gasteiger partial charge on any atom is -0.461 e. The van der Waals surface area contributed by atoms with Crippen LogP contribution in [0.2, 0.25) is 0 Å². The Balaban J connectivity index is 2.07. The molecule has 1 unspecified atom stereocenters. The van der Waals surface area contributed by atoms with Gasteiger partial charge in [-0.05, 0) is 12.5 Å². The number of carbonyl (C=O) groups excluding carboxylic acids is 1. The molecule has 0 fully saturated rings. The van der Waals surface area contributed by atoms with Crippen molar-refractivity contribution in [1.29, 1.82) is 0 Å². The van der Waals surface area contributed by atoms with E-state index in [-0.39, 0.29) is 12.6 Å². The number of hydrogen-bond donors (Lipinski definition) is 1. The summed E-state index contributed by atoms with van der Waals surface area (Å²) in [5.41, 5.74) is 1.48. The minimum atomic E-state index is -0.392. The smallest absolute Gasteiger partial charge is 0.354 e. The zero-order valence-corrected chi connectivity index (χ0v) is 11.0. The first-order valence-corrected chi connectivity index (χ1v) is 6.40. The minimum absolute atomic E-state index is 0.0285. The van der Waals surface area contributed by atoms with Crippen molar-refractivity contribution >= 4 is 11.7 Å². The molecule has 0 radical (unpaired) electrons. The summed E-state index contributed by atoms with van der Waals surface area (Å²) in [5, 5.41) is 15.4. The van der Waals surface area contributed by atoms with Crippen LogP contribution in [0.5, 0.6) is 0 Å². The molecule has 102 valence electrons. The van der Waals surface area contributed by atoms with Gasteiger partial charge in [-0.25, -0.2) is 4.79 Å². The van der Waals surface area contributed by atoms with E-state index >= 15 is 0 Å². The van der Waals surface area contributed by atoms with Crippen molar-refractivity contribution in [3.63, 3.8) is 0 Å². The van der Waals surface area contributed by atoms with E-state index in [1.165, 1.54) is 0 Å². The third-order valence-corrected chi connectivity index (χ3v) is 3.01. The number of benzene rings is 1. The quantitative estimate of drug-likeness (QED) is 0.809. The van der Waals surface area contributed by atoms with E-state index in [0.717, 1.165) is 5.56 Å². The SMILES string of the molecule is CCOC(=O)C1=NN(Cc2ccccc2)C(CO)C1. The second kappa shape index (κ2) is 6.33. The van der Waals surface area contributed by atoms with Crippen LogP contribution >= 0.6 is 0 Å². The van der Waals surface area contributed by atoms with Gasteiger partial charge in [0.25, 0.3) is 0 Å². The van der Waals surface area contributed by atoms with Crippen LogP contribution in [0, 0.1) is 0 Å². The van der Waals surface area contributed by atoms with Crippen LogP contribution in [-0.4, -0.2) is 41.1 Å². The maximum Gasteiger partial charge on any atom is 0.354 e. The first-order valence-electron chi connectivity index (χ1n) is 6.40. The Bertz CT molecular complexity index is 459. The summed E-state index contributed by atoms with van der Waals surface area (Å²) in [5.74, 6) is -0.392. The van der Waals surface area contributed by atoms with Crippen molar-refractivity contribution in [2.45, 2.75) is 25.9 Å². The predicted molar refractivity (Wildman–Crippen MR) is 71.5 cm³/mol. The molecule has 1 aliphatic heterocycles. The second-order valence-electron chi connectivity index (χ2n) is 4.39. The summed E-state index contributed by atoms with van der Waals surface area (Å²) in [6.45, 7) is 2.65. The van der Waals surface area contributed by atoms with Gasteiger partial charge in [0.15, 0.2) is 0 Å². The van der Waals surface area contributed by atoms with Gasteiger partial charge in [0.1, 0.15) is 5.71 Å². The molecule has 5 heteroatoms. The molecule has 0 saturated carbocycles. The largest absolute Gasteiger partial charge is 0.461 e. The van der Waals surface area contributed by atoms with E-state index in [1.807, 2.05) is 30.3 Å². The van der Waals surface area contributed by atoms with Crippen LogP contribution in [-0.2, 0) is 16.1 Å². The average Bonchev–Trinajstić information content (AvgIpc) is 2.83. The van der Waals surface area contributed by atoms with E-state index in [0.29, 0.717) is 25.3 Å². The Labute approximate surface area is 112 Å². The number of aliphatic hydroxyl groups is 1. The number of esters is 1. The van der Waals surface area contributed by atoms with Gasteiger partial charge in [-0.2, -0.15) is 5.10 Å². The number of ether oxygens (including phenoxy) is 1. The Morgan fingerprint density at radius 2 is 2.21 bits per heavy atom.